The Balaban J connectivity index is 2.71. The minimum absolute atomic E-state index is 0.168. The Kier molecular flexibility index (Phi) is 6.81. The van der Waals surface area contributed by atoms with E-state index in [1.165, 1.54) is 4.90 Å². The molecule has 0 aliphatic heterocycles. The highest BCUT2D eigenvalue weighted by molar-refractivity contribution is 6.74. The summed E-state index contributed by atoms with van der Waals surface area (Å²) < 4.78 is 11.6. The van der Waals surface area contributed by atoms with Gasteiger partial charge in [0.15, 0.2) is 8.32 Å². The second-order valence-electron chi connectivity index (χ2n) is 9.01. The van der Waals surface area contributed by atoms with Crippen molar-refractivity contribution in [1.29, 1.82) is 0 Å². The zero-order valence-corrected chi connectivity index (χ0v) is 18.3. The summed E-state index contributed by atoms with van der Waals surface area (Å²) in [5.74, 6) is 0. The molecule has 5 nitrogen and oxygen atoms in total. The molecule has 1 heterocycles. The van der Waals surface area contributed by atoms with Gasteiger partial charge in [0.2, 0.25) is 0 Å². The molecule has 0 N–H and O–H groups in total. The monoisotopic (exact) mass is 366 g/mol. The molecule has 0 bridgehead atoms. The number of carbonyl (C=O) groups is 1. The van der Waals surface area contributed by atoms with E-state index in [4.69, 9.17) is 9.16 Å². The van der Waals surface area contributed by atoms with Gasteiger partial charge in [0.1, 0.15) is 5.60 Å². The molecule has 0 aromatic carbocycles. The molecule has 0 aliphatic carbocycles. The largest absolute Gasteiger partial charge is 0.444 e. The van der Waals surface area contributed by atoms with E-state index in [2.05, 4.69) is 38.8 Å². The van der Waals surface area contributed by atoms with Crippen molar-refractivity contribution in [3.63, 3.8) is 0 Å². The van der Waals surface area contributed by atoms with Gasteiger partial charge in [-0.1, -0.05) is 26.8 Å². The molecule has 0 atom stereocenters. The van der Waals surface area contributed by atoms with Crippen LogP contribution in [0.3, 0.4) is 0 Å². The van der Waals surface area contributed by atoms with Crippen molar-refractivity contribution in [2.75, 3.05) is 7.05 Å². The lowest BCUT2D eigenvalue weighted by Crippen LogP contribution is -2.40. The van der Waals surface area contributed by atoms with Gasteiger partial charge in [0.05, 0.1) is 24.5 Å². The van der Waals surface area contributed by atoms with Crippen molar-refractivity contribution < 1.29 is 14.0 Å². The smallest absolute Gasteiger partial charge is 0.410 e. The number of amides is 1. The zero-order chi connectivity index (χ0) is 19.5. The van der Waals surface area contributed by atoms with E-state index >= 15 is 0 Å². The van der Waals surface area contributed by atoms with E-state index in [1.807, 2.05) is 39.0 Å². The predicted octanol–water partition coefficient (Wildman–Crippen LogP) is 4.97. The summed E-state index contributed by atoms with van der Waals surface area (Å²) in [6, 6.07) is 5.83. The first-order valence-corrected chi connectivity index (χ1v) is 11.6. The van der Waals surface area contributed by atoms with Crippen LogP contribution in [0.25, 0.3) is 0 Å². The SMILES string of the molecule is CN(Cc1cccc(CO[Si](C)(C)C(C)(C)C)n1)C(=O)OC(C)(C)C. The summed E-state index contributed by atoms with van der Waals surface area (Å²) in [4.78, 5) is 18.2. The fourth-order valence-corrected chi connectivity index (χ4v) is 2.76. The Morgan fingerprint density at radius 3 is 2.20 bits per heavy atom. The lowest BCUT2D eigenvalue weighted by Gasteiger charge is -2.36. The first kappa shape index (κ1) is 21.6. The minimum atomic E-state index is -1.81. The van der Waals surface area contributed by atoms with Crippen LogP contribution < -0.4 is 0 Å². The Bertz CT molecular complexity index is 589. The molecule has 0 radical (unpaired) electrons. The summed E-state index contributed by atoms with van der Waals surface area (Å²) >= 11 is 0. The van der Waals surface area contributed by atoms with Crippen molar-refractivity contribution in [2.45, 2.75) is 78.4 Å². The van der Waals surface area contributed by atoms with Crippen LogP contribution in [0.4, 0.5) is 4.79 Å². The van der Waals surface area contributed by atoms with Crippen LogP contribution in [0.2, 0.25) is 18.1 Å². The van der Waals surface area contributed by atoms with Gasteiger partial charge in [0.25, 0.3) is 0 Å². The van der Waals surface area contributed by atoms with E-state index in [9.17, 15) is 4.79 Å². The Labute approximate surface area is 153 Å². The van der Waals surface area contributed by atoms with Crippen molar-refractivity contribution in [1.82, 2.24) is 9.88 Å². The predicted molar refractivity (Wildman–Crippen MR) is 104 cm³/mol. The maximum atomic E-state index is 12.1. The first-order valence-electron chi connectivity index (χ1n) is 8.74. The van der Waals surface area contributed by atoms with Crippen LogP contribution in [0.15, 0.2) is 18.2 Å². The molecule has 1 aromatic heterocycles. The molecule has 6 heteroatoms. The molecule has 0 saturated heterocycles. The fourth-order valence-electron chi connectivity index (χ4n) is 1.82. The van der Waals surface area contributed by atoms with Crippen LogP contribution >= 0.6 is 0 Å². The third-order valence-corrected chi connectivity index (χ3v) is 8.83. The van der Waals surface area contributed by atoms with Gasteiger partial charge in [-0.15, -0.1) is 0 Å². The summed E-state index contributed by atoms with van der Waals surface area (Å²) in [5.41, 5.74) is 1.21. The van der Waals surface area contributed by atoms with E-state index in [0.29, 0.717) is 13.2 Å². The molecular formula is C19H34N2O3Si. The molecule has 0 spiro atoms. The van der Waals surface area contributed by atoms with Gasteiger partial charge >= 0.3 is 6.09 Å². The lowest BCUT2D eigenvalue weighted by atomic mass is 10.2. The van der Waals surface area contributed by atoms with Crippen LogP contribution in [-0.2, 0) is 22.3 Å². The Morgan fingerprint density at radius 2 is 1.68 bits per heavy atom. The van der Waals surface area contributed by atoms with E-state index in [1.54, 1.807) is 7.05 Å². The van der Waals surface area contributed by atoms with Gasteiger partial charge in [-0.3, -0.25) is 4.98 Å². The third-order valence-electron chi connectivity index (χ3n) is 4.36. The van der Waals surface area contributed by atoms with Crippen molar-refractivity contribution >= 4 is 14.4 Å². The van der Waals surface area contributed by atoms with Crippen LogP contribution in [0.1, 0.15) is 52.9 Å². The molecular weight excluding hydrogens is 332 g/mol. The normalized spacial score (nSPS) is 12.8. The standard InChI is InChI=1S/C19H34N2O3Si/c1-18(2,3)24-17(22)21(7)13-15-11-10-12-16(20-15)14-23-25(8,9)19(4,5)6/h10-12H,13-14H2,1-9H3. The first-order chi connectivity index (χ1) is 11.2. The summed E-state index contributed by atoms with van der Waals surface area (Å²) in [7, 11) is -0.0895. The zero-order valence-electron chi connectivity index (χ0n) is 17.3. The average Bonchev–Trinajstić information content (AvgIpc) is 2.42. The molecule has 142 valence electrons. The van der Waals surface area contributed by atoms with E-state index in [0.717, 1.165) is 11.4 Å². The van der Waals surface area contributed by atoms with Gasteiger partial charge < -0.3 is 14.1 Å². The van der Waals surface area contributed by atoms with Gasteiger partial charge in [-0.05, 0) is 51.0 Å². The number of nitrogens with zero attached hydrogens (tertiary/aromatic N) is 2. The molecule has 0 aliphatic rings. The molecule has 1 amide bonds. The average molecular weight is 367 g/mol. The highest BCUT2D eigenvalue weighted by Gasteiger charge is 2.37. The number of ether oxygens (including phenoxy) is 1. The highest BCUT2D eigenvalue weighted by atomic mass is 28.4. The van der Waals surface area contributed by atoms with Crippen LogP contribution in [0.5, 0.6) is 0 Å². The minimum Gasteiger partial charge on any atom is -0.444 e. The van der Waals surface area contributed by atoms with Crippen LogP contribution in [0, 0.1) is 0 Å². The summed E-state index contributed by atoms with van der Waals surface area (Å²) in [6.07, 6.45) is -0.350. The third kappa shape index (κ3) is 7.16. The quantitative estimate of drug-likeness (QED) is 0.690. The second kappa shape index (κ2) is 7.87. The van der Waals surface area contributed by atoms with Crippen molar-refractivity contribution in [3.05, 3.63) is 29.6 Å². The molecule has 1 rings (SSSR count). The number of hydrogen-bond acceptors (Lipinski definition) is 4. The van der Waals surface area contributed by atoms with Gasteiger partial charge in [-0.2, -0.15) is 0 Å². The molecule has 25 heavy (non-hydrogen) atoms. The number of aromatic nitrogens is 1. The van der Waals surface area contributed by atoms with Crippen LogP contribution in [-0.4, -0.2) is 36.9 Å². The number of hydrogen-bond donors (Lipinski definition) is 0. The topological polar surface area (TPSA) is 51.7 Å². The number of carbonyl (C=O) groups excluding carboxylic acids is 1. The molecule has 0 fully saturated rings. The van der Waals surface area contributed by atoms with Crippen molar-refractivity contribution in [3.8, 4) is 0 Å². The van der Waals surface area contributed by atoms with Crippen molar-refractivity contribution in [2.24, 2.45) is 0 Å². The Hall–Kier alpha value is -1.40. The van der Waals surface area contributed by atoms with Gasteiger partial charge in [0, 0.05) is 7.05 Å². The molecule has 0 saturated carbocycles. The van der Waals surface area contributed by atoms with Gasteiger partial charge in [-0.25, -0.2) is 4.79 Å². The van der Waals surface area contributed by atoms with E-state index in [-0.39, 0.29) is 11.1 Å². The van der Waals surface area contributed by atoms with E-state index < -0.39 is 13.9 Å². The summed E-state index contributed by atoms with van der Waals surface area (Å²) in [5, 5.41) is 0.168. The second-order valence-corrected chi connectivity index (χ2v) is 13.8. The molecule has 0 unspecified atom stereocenters. The summed E-state index contributed by atoms with van der Waals surface area (Å²) in [6.45, 7) is 17.6. The Morgan fingerprint density at radius 1 is 1.12 bits per heavy atom. The molecule has 1 aromatic rings. The maximum Gasteiger partial charge on any atom is 0.410 e. The highest BCUT2D eigenvalue weighted by Crippen LogP contribution is 2.36. The maximum absolute atomic E-state index is 12.1. The number of rotatable bonds is 5. The fraction of sp³-hybridized carbons (Fsp3) is 0.684. The lowest BCUT2D eigenvalue weighted by molar-refractivity contribution is 0.0283. The number of pyridine rings is 1.